The molecule has 0 amide bonds. The summed E-state index contributed by atoms with van der Waals surface area (Å²) in [5.41, 5.74) is 25.5. The van der Waals surface area contributed by atoms with E-state index in [0.717, 1.165) is 62.8 Å². The molecule has 0 saturated heterocycles. The van der Waals surface area contributed by atoms with Crippen LogP contribution < -0.4 is 0 Å². The monoisotopic (exact) mass is 783 g/mol. The molecule has 308 valence electrons. The number of rotatable bonds is 29. The summed E-state index contributed by atoms with van der Waals surface area (Å²) in [6.45, 7) is 18.2. The summed E-state index contributed by atoms with van der Waals surface area (Å²) in [5, 5.41) is 2.78. The van der Waals surface area contributed by atoms with Crippen LogP contribution in [0.1, 0.15) is 224 Å². The zero-order valence-electron chi connectivity index (χ0n) is 36.8. The maximum absolute atomic E-state index is 12.4. The molecular formula is C51H84N2Ni. The van der Waals surface area contributed by atoms with Crippen LogP contribution in [0.15, 0.2) is 47.5 Å². The molecule has 0 radical (unpaired) electrons. The first-order valence-electron chi connectivity index (χ1n) is 23.1. The van der Waals surface area contributed by atoms with Crippen LogP contribution in [0.5, 0.6) is 0 Å². The van der Waals surface area contributed by atoms with Crippen LogP contribution in [-0.2, 0) is 40.1 Å². The molecule has 0 unspecified atom stereocenters. The fourth-order valence-electron chi connectivity index (χ4n) is 7.45. The second-order valence-electron chi connectivity index (χ2n) is 15.9. The number of nitrogens with zero attached hydrogens (tertiary/aromatic N) is 2. The van der Waals surface area contributed by atoms with Gasteiger partial charge in [-0.3, -0.25) is 0 Å². The van der Waals surface area contributed by atoms with Crippen molar-refractivity contribution >= 4 is 11.4 Å². The van der Waals surface area contributed by atoms with E-state index in [1.54, 1.807) is 4.70 Å². The van der Waals surface area contributed by atoms with Gasteiger partial charge in [0.1, 0.15) is 0 Å². The first kappa shape index (κ1) is 48.2. The molecule has 2 aromatic rings. The second kappa shape index (κ2) is 30.2. The second-order valence-corrected chi connectivity index (χ2v) is 17.4. The van der Waals surface area contributed by atoms with Crippen molar-refractivity contribution in [3.8, 4) is 0 Å². The van der Waals surface area contributed by atoms with Crippen LogP contribution >= 0.6 is 0 Å². The van der Waals surface area contributed by atoms with E-state index in [0.29, 0.717) is 0 Å². The van der Waals surface area contributed by atoms with Gasteiger partial charge in [0.25, 0.3) is 0 Å². The number of hydrogen-bond acceptors (Lipinski definition) is 0. The minimum atomic E-state index is 1.02. The fourth-order valence-corrected chi connectivity index (χ4v) is 8.89. The van der Waals surface area contributed by atoms with Gasteiger partial charge in [-0.25, -0.2) is 4.70 Å². The number of unbranched alkanes of at least 4 members (excludes halogenated alkanes) is 11. The molecule has 2 nitrogen and oxygen atoms in total. The Balaban J connectivity index is 0.000000990. The summed E-state index contributed by atoms with van der Waals surface area (Å²) < 4.78 is 1.65. The van der Waals surface area contributed by atoms with Crippen molar-refractivity contribution in [2.45, 2.75) is 227 Å². The third-order valence-corrected chi connectivity index (χ3v) is 12.1. The Kier molecular flexibility index (Phi) is 26.9. The molecule has 0 aromatic heterocycles. The van der Waals surface area contributed by atoms with Gasteiger partial charge in [-0.2, -0.15) is 0 Å². The maximum atomic E-state index is 12.4. The summed E-state index contributed by atoms with van der Waals surface area (Å²) in [6, 6.07) is 14.5. The fraction of sp³-hybridized carbons (Fsp3) is 0.686. The standard InChI is InChI=1S/C43H66N2.2C4H9.Ni/c1-7-13-19-24-36-28-34(22-16-10-4)30-38(32-36)42-40(26-18-12-6)41(27-21-15-9-3)43(45(42)44)39-31-35(23-17-11-5)29-37(33-39)25-20-14-8-2;2*1-3-4-2;/h28-33H,7-27H2,1-6H3;2*1,3-4H2,2H3;. The zero-order valence-corrected chi connectivity index (χ0v) is 37.8. The van der Waals surface area contributed by atoms with Crippen molar-refractivity contribution in [2.75, 3.05) is 0 Å². The van der Waals surface area contributed by atoms with Gasteiger partial charge in [-0.1, -0.05) is 111 Å². The molecule has 0 N–H and O–H groups in total. The number of aryl methyl sites for hydroxylation is 4. The summed E-state index contributed by atoms with van der Waals surface area (Å²) >= 11 is 1.94. The van der Waals surface area contributed by atoms with Gasteiger partial charge in [0.2, 0.25) is 11.4 Å². The molecule has 0 saturated carbocycles. The normalized spacial score (nSPS) is 13.0. The van der Waals surface area contributed by atoms with Crippen LogP contribution in [0.4, 0.5) is 0 Å². The molecule has 0 bridgehead atoms. The van der Waals surface area contributed by atoms with Gasteiger partial charge in [0.05, 0.1) is 0 Å². The van der Waals surface area contributed by atoms with Crippen LogP contribution in [0, 0.1) is 0 Å². The van der Waals surface area contributed by atoms with E-state index in [1.165, 1.54) is 164 Å². The van der Waals surface area contributed by atoms with E-state index in [2.05, 4.69) is 91.8 Å². The van der Waals surface area contributed by atoms with Crippen molar-refractivity contribution in [3.05, 3.63) is 86.5 Å². The molecule has 0 spiro atoms. The third kappa shape index (κ3) is 17.4. The van der Waals surface area contributed by atoms with Gasteiger partial charge >= 0.3 is 64.8 Å². The molecular weight excluding hydrogens is 699 g/mol. The van der Waals surface area contributed by atoms with Crippen molar-refractivity contribution < 1.29 is 19.1 Å². The molecule has 1 aliphatic rings. The first-order valence-corrected chi connectivity index (χ1v) is 24.5. The average Bonchev–Trinajstić information content (AvgIpc) is 3.46. The predicted octanol–water partition coefficient (Wildman–Crippen LogP) is 17.3. The van der Waals surface area contributed by atoms with Crippen molar-refractivity contribution in [2.24, 2.45) is 0 Å². The van der Waals surface area contributed by atoms with Gasteiger partial charge < -0.3 is 5.53 Å². The SMILES string of the molecule is CCCCCC1=C(c2cc(CCCC)cc(CCCCC)c2)[N+](=[N-])C(c2cc(CCCC)cc(CCCCC)c2)=C1CCCC.CCC[CH2][Ni][CH2]CCC. The number of allylic oxidation sites excluding steroid dienone is 2. The van der Waals surface area contributed by atoms with Crippen LogP contribution in [-0.4, -0.2) is 4.70 Å². The Bertz CT molecular complexity index is 1380. The van der Waals surface area contributed by atoms with E-state index in [1.807, 2.05) is 14.4 Å². The van der Waals surface area contributed by atoms with E-state index in [9.17, 15) is 5.53 Å². The molecule has 54 heavy (non-hydrogen) atoms. The average molecular weight is 784 g/mol. The van der Waals surface area contributed by atoms with Gasteiger partial charge in [-0.15, -0.1) is 0 Å². The van der Waals surface area contributed by atoms with E-state index < -0.39 is 0 Å². The predicted molar refractivity (Wildman–Crippen MR) is 237 cm³/mol. The van der Waals surface area contributed by atoms with E-state index in [-0.39, 0.29) is 0 Å². The number of hydrogen-bond donors (Lipinski definition) is 0. The Morgan fingerprint density at radius 2 is 0.667 bits per heavy atom. The first-order chi connectivity index (χ1) is 26.4. The number of benzene rings is 2. The van der Waals surface area contributed by atoms with Gasteiger partial charge in [0, 0.05) is 22.3 Å². The molecule has 1 heterocycles. The molecule has 2 aromatic carbocycles. The van der Waals surface area contributed by atoms with Crippen molar-refractivity contribution in [3.63, 3.8) is 0 Å². The molecule has 1 aliphatic heterocycles. The molecule has 0 atom stereocenters. The zero-order chi connectivity index (χ0) is 39.4. The van der Waals surface area contributed by atoms with Crippen molar-refractivity contribution in [1.29, 1.82) is 0 Å². The van der Waals surface area contributed by atoms with E-state index in [4.69, 9.17) is 0 Å². The topological polar surface area (TPSA) is 25.3 Å². The van der Waals surface area contributed by atoms with Crippen molar-refractivity contribution in [1.82, 2.24) is 0 Å². The Morgan fingerprint density at radius 3 is 1.02 bits per heavy atom. The summed E-state index contributed by atoms with van der Waals surface area (Å²) in [7, 11) is 0. The van der Waals surface area contributed by atoms with Crippen LogP contribution in [0.3, 0.4) is 0 Å². The molecule has 3 heteroatoms. The van der Waals surface area contributed by atoms with Crippen LogP contribution in [0.2, 0.25) is 10.8 Å². The summed E-state index contributed by atoms with van der Waals surface area (Å²) in [6.07, 6.45) is 30.3. The summed E-state index contributed by atoms with van der Waals surface area (Å²) in [4.78, 5) is 0. The molecule has 0 aliphatic carbocycles. The third-order valence-electron chi connectivity index (χ3n) is 10.8. The van der Waals surface area contributed by atoms with E-state index >= 15 is 0 Å². The Hall–Kier alpha value is -1.99. The van der Waals surface area contributed by atoms with Gasteiger partial charge in [0.15, 0.2) is 0 Å². The van der Waals surface area contributed by atoms with Gasteiger partial charge in [-0.05, 0) is 124 Å². The Labute approximate surface area is 342 Å². The Morgan fingerprint density at radius 1 is 0.370 bits per heavy atom. The molecule has 0 fully saturated rings. The summed E-state index contributed by atoms with van der Waals surface area (Å²) in [5.74, 6) is 0. The molecule has 3 rings (SSSR count). The van der Waals surface area contributed by atoms with Crippen LogP contribution in [0.25, 0.3) is 16.9 Å². The minimum absolute atomic E-state index is 1.02. The quantitative estimate of drug-likeness (QED) is 0.0446.